The van der Waals surface area contributed by atoms with E-state index < -0.39 is 12.7 Å². The highest BCUT2D eigenvalue weighted by atomic mass is 19.4. The maximum atomic E-state index is 12.6. The molecular weight excluding hydrogens is 245 g/mol. The van der Waals surface area contributed by atoms with Crippen molar-refractivity contribution in [3.8, 4) is 0 Å². The Morgan fingerprint density at radius 2 is 2.11 bits per heavy atom. The van der Waals surface area contributed by atoms with Crippen LogP contribution in [0.1, 0.15) is 26.2 Å². The van der Waals surface area contributed by atoms with Crippen molar-refractivity contribution < 1.29 is 17.9 Å². The summed E-state index contributed by atoms with van der Waals surface area (Å²) in [7, 11) is 0. The fourth-order valence-corrected chi connectivity index (χ4v) is 2.58. The Hall–Kier alpha value is -0.330. The van der Waals surface area contributed by atoms with Crippen LogP contribution in [-0.2, 0) is 4.74 Å². The number of nitrogens with zero attached hydrogens (tertiary/aromatic N) is 1. The average Bonchev–Trinajstić information content (AvgIpc) is 3.10. The zero-order valence-corrected chi connectivity index (χ0v) is 10.7. The Kier molecular flexibility index (Phi) is 4.50. The number of nitrogens with one attached hydrogen (secondary N) is 1. The van der Waals surface area contributed by atoms with Crippen molar-refractivity contribution in [1.82, 2.24) is 10.2 Å². The summed E-state index contributed by atoms with van der Waals surface area (Å²) in [4.78, 5) is 1.61. The molecule has 1 heterocycles. The molecule has 1 saturated heterocycles. The Balaban J connectivity index is 1.84. The second-order valence-corrected chi connectivity index (χ2v) is 5.33. The third-order valence-electron chi connectivity index (χ3n) is 3.57. The van der Waals surface area contributed by atoms with Crippen molar-refractivity contribution in [2.45, 2.75) is 50.5 Å². The molecule has 0 bridgehead atoms. The number of ether oxygens (including phenoxy) is 1. The van der Waals surface area contributed by atoms with E-state index in [4.69, 9.17) is 4.74 Å². The molecule has 0 amide bonds. The van der Waals surface area contributed by atoms with Gasteiger partial charge in [0.15, 0.2) is 0 Å². The lowest BCUT2D eigenvalue weighted by molar-refractivity contribution is -0.152. The summed E-state index contributed by atoms with van der Waals surface area (Å²) in [6, 6.07) is 0.257. The first-order chi connectivity index (χ1) is 8.46. The normalized spacial score (nSPS) is 27.5. The maximum absolute atomic E-state index is 12.6. The number of rotatable bonds is 5. The Labute approximate surface area is 106 Å². The maximum Gasteiger partial charge on any atom is 0.401 e. The van der Waals surface area contributed by atoms with E-state index in [0.717, 1.165) is 19.4 Å². The summed E-state index contributed by atoms with van der Waals surface area (Å²) in [6.07, 6.45) is -1.59. The van der Waals surface area contributed by atoms with Crippen LogP contribution >= 0.6 is 0 Å². The van der Waals surface area contributed by atoms with E-state index in [0.29, 0.717) is 19.6 Å². The Bertz CT molecular complexity index is 263. The van der Waals surface area contributed by atoms with Gasteiger partial charge in [0.2, 0.25) is 0 Å². The molecule has 0 spiro atoms. The van der Waals surface area contributed by atoms with Crippen molar-refractivity contribution in [1.29, 1.82) is 0 Å². The van der Waals surface area contributed by atoms with E-state index in [1.165, 1.54) is 0 Å². The first kappa shape index (κ1) is 14.1. The number of morpholine rings is 1. The number of halogens is 3. The van der Waals surface area contributed by atoms with Crippen molar-refractivity contribution >= 4 is 0 Å². The largest absolute Gasteiger partial charge is 0.401 e. The van der Waals surface area contributed by atoms with Gasteiger partial charge >= 0.3 is 6.18 Å². The van der Waals surface area contributed by atoms with Crippen LogP contribution in [0.25, 0.3) is 0 Å². The first-order valence-corrected chi connectivity index (χ1v) is 6.59. The van der Waals surface area contributed by atoms with Gasteiger partial charge in [0.05, 0.1) is 19.8 Å². The highest BCUT2D eigenvalue weighted by molar-refractivity contribution is 4.90. The minimum Gasteiger partial charge on any atom is -0.379 e. The van der Waals surface area contributed by atoms with E-state index in [1.807, 2.05) is 6.92 Å². The van der Waals surface area contributed by atoms with Gasteiger partial charge in [0.1, 0.15) is 0 Å². The SMILES string of the molecule is CC(CC1COCCN1)N(CC(F)(F)F)C1CC1. The van der Waals surface area contributed by atoms with Crippen LogP contribution < -0.4 is 5.32 Å². The molecular formula is C12H21F3N2O. The van der Waals surface area contributed by atoms with Crippen LogP contribution in [0.15, 0.2) is 0 Å². The van der Waals surface area contributed by atoms with Gasteiger partial charge in [0, 0.05) is 24.7 Å². The lowest BCUT2D eigenvalue weighted by atomic mass is 10.1. The van der Waals surface area contributed by atoms with Crippen molar-refractivity contribution in [2.24, 2.45) is 0 Å². The molecule has 0 radical (unpaired) electrons. The summed E-state index contributed by atoms with van der Waals surface area (Å²) in [5.41, 5.74) is 0. The van der Waals surface area contributed by atoms with Crippen LogP contribution in [0, 0.1) is 0 Å². The zero-order chi connectivity index (χ0) is 13.2. The fraction of sp³-hybridized carbons (Fsp3) is 1.00. The molecule has 1 aliphatic carbocycles. The Morgan fingerprint density at radius 1 is 1.39 bits per heavy atom. The minimum absolute atomic E-state index is 0.0571. The standard InChI is InChI=1S/C12H21F3N2O/c1-9(6-10-7-18-5-4-16-10)17(11-2-3-11)8-12(13,14)15/h9-11,16H,2-8H2,1H3. The van der Waals surface area contributed by atoms with Gasteiger partial charge in [-0.15, -0.1) is 0 Å². The molecule has 0 aromatic heterocycles. The third-order valence-corrected chi connectivity index (χ3v) is 3.57. The lowest BCUT2D eigenvalue weighted by Gasteiger charge is -2.34. The van der Waals surface area contributed by atoms with E-state index in [2.05, 4.69) is 5.32 Å². The van der Waals surface area contributed by atoms with Crippen LogP contribution in [0.2, 0.25) is 0 Å². The van der Waals surface area contributed by atoms with Gasteiger partial charge < -0.3 is 10.1 Å². The topological polar surface area (TPSA) is 24.5 Å². The van der Waals surface area contributed by atoms with Gasteiger partial charge in [-0.2, -0.15) is 13.2 Å². The molecule has 1 saturated carbocycles. The van der Waals surface area contributed by atoms with Gasteiger partial charge in [-0.25, -0.2) is 0 Å². The van der Waals surface area contributed by atoms with Gasteiger partial charge in [-0.1, -0.05) is 0 Å². The number of alkyl halides is 3. The molecule has 0 aromatic rings. The fourth-order valence-electron chi connectivity index (χ4n) is 2.58. The molecule has 0 aromatic carbocycles. The molecule has 2 rings (SSSR count). The number of hydrogen-bond acceptors (Lipinski definition) is 3. The molecule has 3 nitrogen and oxygen atoms in total. The molecule has 2 fully saturated rings. The zero-order valence-electron chi connectivity index (χ0n) is 10.7. The lowest BCUT2D eigenvalue weighted by Crippen LogP contribution is -2.48. The smallest absolute Gasteiger partial charge is 0.379 e. The van der Waals surface area contributed by atoms with E-state index in [1.54, 1.807) is 4.90 Å². The highest BCUT2D eigenvalue weighted by Gasteiger charge is 2.40. The predicted molar refractivity (Wildman–Crippen MR) is 62.5 cm³/mol. The van der Waals surface area contributed by atoms with Crippen molar-refractivity contribution in [3.63, 3.8) is 0 Å². The van der Waals surface area contributed by atoms with E-state index >= 15 is 0 Å². The molecule has 1 aliphatic heterocycles. The molecule has 2 atom stereocenters. The van der Waals surface area contributed by atoms with Gasteiger partial charge in [-0.05, 0) is 26.2 Å². The first-order valence-electron chi connectivity index (χ1n) is 6.59. The number of hydrogen-bond donors (Lipinski definition) is 1. The predicted octanol–water partition coefficient (Wildman–Crippen LogP) is 1.78. The summed E-state index contributed by atoms with van der Waals surface area (Å²) >= 11 is 0. The molecule has 106 valence electrons. The highest BCUT2D eigenvalue weighted by Crippen LogP contribution is 2.32. The molecule has 2 aliphatic rings. The summed E-state index contributed by atoms with van der Waals surface area (Å²) in [6.45, 7) is 3.20. The van der Waals surface area contributed by atoms with Crippen LogP contribution in [0.5, 0.6) is 0 Å². The average molecular weight is 266 g/mol. The van der Waals surface area contributed by atoms with Gasteiger partial charge in [0.25, 0.3) is 0 Å². The molecule has 2 unspecified atom stereocenters. The van der Waals surface area contributed by atoms with Crippen molar-refractivity contribution in [3.05, 3.63) is 0 Å². The van der Waals surface area contributed by atoms with Gasteiger partial charge in [-0.3, -0.25) is 4.90 Å². The Morgan fingerprint density at radius 3 is 2.61 bits per heavy atom. The second kappa shape index (κ2) is 5.75. The van der Waals surface area contributed by atoms with E-state index in [9.17, 15) is 13.2 Å². The van der Waals surface area contributed by atoms with Crippen LogP contribution in [0.4, 0.5) is 13.2 Å². The molecule has 6 heteroatoms. The summed E-state index contributed by atoms with van der Waals surface area (Å²) < 4.78 is 43.0. The monoisotopic (exact) mass is 266 g/mol. The third kappa shape index (κ3) is 4.40. The summed E-state index contributed by atoms with van der Waals surface area (Å²) in [5, 5.41) is 3.29. The quantitative estimate of drug-likeness (QED) is 0.821. The second-order valence-electron chi connectivity index (χ2n) is 5.33. The van der Waals surface area contributed by atoms with Crippen LogP contribution in [-0.4, -0.2) is 55.5 Å². The minimum atomic E-state index is -4.10. The van der Waals surface area contributed by atoms with Crippen LogP contribution in [0.3, 0.4) is 0 Å². The molecule has 18 heavy (non-hydrogen) atoms. The van der Waals surface area contributed by atoms with Crippen molar-refractivity contribution in [2.75, 3.05) is 26.3 Å². The summed E-state index contributed by atoms with van der Waals surface area (Å²) in [5.74, 6) is 0. The van der Waals surface area contributed by atoms with E-state index in [-0.39, 0.29) is 18.1 Å². The molecule has 1 N–H and O–H groups in total.